The maximum atomic E-state index is 14.0. The quantitative estimate of drug-likeness (QED) is 0.726. The Morgan fingerprint density at radius 3 is 2.52 bits per heavy atom. The third-order valence-electron chi connectivity index (χ3n) is 3.53. The van der Waals surface area contributed by atoms with Gasteiger partial charge in [0.15, 0.2) is 0 Å². The Morgan fingerprint density at radius 2 is 1.88 bits per heavy atom. The molecule has 0 fully saturated rings. The van der Waals surface area contributed by atoms with E-state index >= 15 is 0 Å². The minimum Gasteiger partial charge on any atom is -0.506 e. The summed E-state index contributed by atoms with van der Waals surface area (Å²) < 4.78 is 27.1. The molecule has 0 aliphatic carbocycles. The van der Waals surface area contributed by atoms with Gasteiger partial charge in [-0.25, -0.2) is 8.78 Å². The van der Waals surface area contributed by atoms with E-state index in [1.54, 1.807) is 19.1 Å². The number of aromatic hydroxyl groups is 1. The second kappa shape index (κ2) is 7.74. The number of benzene rings is 2. The van der Waals surface area contributed by atoms with Gasteiger partial charge >= 0.3 is 0 Å². The summed E-state index contributed by atoms with van der Waals surface area (Å²) in [5, 5.41) is 14.8. The highest BCUT2D eigenvalue weighted by Gasteiger charge is 2.21. The summed E-state index contributed by atoms with van der Waals surface area (Å²) in [5.41, 5.74) is 1.04. The van der Waals surface area contributed by atoms with E-state index in [1.165, 1.54) is 19.1 Å². The van der Waals surface area contributed by atoms with Gasteiger partial charge in [-0.1, -0.05) is 12.1 Å². The van der Waals surface area contributed by atoms with Gasteiger partial charge in [0.2, 0.25) is 11.8 Å². The lowest BCUT2D eigenvalue weighted by molar-refractivity contribution is -0.120. The summed E-state index contributed by atoms with van der Waals surface area (Å²) in [7, 11) is 0. The minimum absolute atomic E-state index is 0.000198. The summed E-state index contributed by atoms with van der Waals surface area (Å²) in [6.45, 7) is 3.03. The molecule has 2 rings (SSSR count). The van der Waals surface area contributed by atoms with Crippen molar-refractivity contribution in [2.45, 2.75) is 26.3 Å². The van der Waals surface area contributed by atoms with Crippen LogP contribution in [0.1, 0.15) is 30.5 Å². The normalized spacial score (nSPS) is 11.7. The number of carbonyl (C=O) groups excluding carboxylic acids is 2. The molecule has 0 bridgehead atoms. The lowest BCUT2D eigenvalue weighted by atomic mass is 10.0. The van der Waals surface area contributed by atoms with Gasteiger partial charge in [-0.2, -0.15) is 0 Å². The number of amides is 2. The molecule has 0 saturated heterocycles. The molecule has 0 radical (unpaired) electrons. The molecule has 3 N–H and O–H groups in total. The van der Waals surface area contributed by atoms with Gasteiger partial charge in [-0.05, 0) is 30.7 Å². The molecule has 0 aliphatic rings. The first-order chi connectivity index (χ1) is 11.8. The van der Waals surface area contributed by atoms with E-state index in [0.29, 0.717) is 6.07 Å². The second-order valence-corrected chi connectivity index (χ2v) is 5.69. The molecule has 2 aromatic rings. The molecule has 0 aliphatic heterocycles. The molecule has 5 nitrogen and oxygen atoms in total. The summed E-state index contributed by atoms with van der Waals surface area (Å²) in [6, 6.07) is 6.66. The zero-order valence-corrected chi connectivity index (χ0v) is 13.8. The van der Waals surface area contributed by atoms with Crippen molar-refractivity contribution < 1.29 is 23.5 Å². The van der Waals surface area contributed by atoms with Crippen molar-refractivity contribution in [3.63, 3.8) is 0 Å². The van der Waals surface area contributed by atoms with Crippen LogP contribution in [0.25, 0.3) is 0 Å². The predicted octanol–water partition coefficient (Wildman–Crippen LogP) is 3.18. The van der Waals surface area contributed by atoms with Gasteiger partial charge in [-0.3, -0.25) is 9.59 Å². The van der Waals surface area contributed by atoms with Gasteiger partial charge in [0.25, 0.3) is 0 Å². The smallest absolute Gasteiger partial charge is 0.226 e. The highest BCUT2D eigenvalue weighted by atomic mass is 19.1. The fourth-order valence-electron chi connectivity index (χ4n) is 2.40. The number of hydrogen-bond acceptors (Lipinski definition) is 3. The van der Waals surface area contributed by atoms with Crippen LogP contribution >= 0.6 is 0 Å². The van der Waals surface area contributed by atoms with Crippen LogP contribution in [0, 0.1) is 18.6 Å². The lowest BCUT2D eigenvalue weighted by Gasteiger charge is -2.19. The molecular weight excluding hydrogens is 330 g/mol. The van der Waals surface area contributed by atoms with Crippen LogP contribution in [-0.4, -0.2) is 16.9 Å². The Balaban J connectivity index is 2.20. The Labute approximate surface area is 143 Å². The monoisotopic (exact) mass is 348 g/mol. The van der Waals surface area contributed by atoms with Crippen LogP contribution < -0.4 is 10.6 Å². The first kappa shape index (κ1) is 18.4. The van der Waals surface area contributed by atoms with Crippen molar-refractivity contribution in [2.24, 2.45) is 0 Å². The van der Waals surface area contributed by atoms with Crippen molar-refractivity contribution >= 4 is 17.5 Å². The number of anilines is 1. The van der Waals surface area contributed by atoms with Crippen molar-refractivity contribution in [3.05, 3.63) is 59.2 Å². The van der Waals surface area contributed by atoms with Gasteiger partial charge < -0.3 is 15.7 Å². The molecule has 2 aromatic carbocycles. The van der Waals surface area contributed by atoms with Crippen molar-refractivity contribution in [1.82, 2.24) is 5.32 Å². The SMILES string of the molecule is CC(=O)N[C@H](CC(=O)Nc1cc(C)ccc1O)c1ccc(F)cc1F. The van der Waals surface area contributed by atoms with Crippen LogP contribution in [0.5, 0.6) is 5.75 Å². The van der Waals surface area contributed by atoms with E-state index < -0.39 is 29.5 Å². The van der Waals surface area contributed by atoms with Gasteiger partial charge in [-0.15, -0.1) is 0 Å². The maximum Gasteiger partial charge on any atom is 0.226 e. The Morgan fingerprint density at radius 1 is 1.16 bits per heavy atom. The van der Waals surface area contributed by atoms with Crippen LogP contribution in [-0.2, 0) is 9.59 Å². The van der Waals surface area contributed by atoms with E-state index in [1.807, 2.05) is 0 Å². The summed E-state index contributed by atoms with van der Waals surface area (Å²) in [5.74, 6) is -2.71. The second-order valence-electron chi connectivity index (χ2n) is 5.69. The molecule has 132 valence electrons. The molecule has 7 heteroatoms. The number of halogens is 2. The minimum atomic E-state index is -0.968. The van der Waals surface area contributed by atoms with E-state index in [9.17, 15) is 23.5 Å². The van der Waals surface area contributed by atoms with E-state index in [2.05, 4.69) is 10.6 Å². The Kier molecular flexibility index (Phi) is 5.69. The van der Waals surface area contributed by atoms with Gasteiger partial charge in [0.1, 0.15) is 17.4 Å². The van der Waals surface area contributed by atoms with Crippen molar-refractivity contribution in [1.29, 1.82) is 0 Å². The maximum absolute atomic E-state index is 14.0. The summed E-state index contributed by atoms with van der Waals surface area (Å²) in [6.07, 6.45) is -0.282. The van der Waals surface area contributed by atoms with E-state index in [0.717, 1.165) is 11.6 Å². The van der Waals surface area contributed by atoms with Crippen LogP contribution in [0.4, 0.5) is 14.5 Å². The van der Waals surface area contributed by atoms with Crippen LogP contribution in [0.3, 0.4) is 0 Å². The number of phenols is 1. The number of phenolic OH excluding ortho intramolecular Hbond substituents is 1. The number of carbonyl (C=O) groups is 2. The number of hydrogen-bond donors (Lipinski definition) is 3. The van der Waals surface area contributed by atoms with Gasteiger partial charge in [0, 0.05) is 18.6 Å². The molecule has 0 unspecified atom stereocenters. The zero-order chi connectivity index (χ0) is 18.6. The topological polar surface area (TPSA) is 78.4 Å². The largest absolute Gasteiger partial charge is 0.506 e. The fourth-order valence-corrected chi connectivity index (χ4v) is 2.40. The van der Waals surface area contributed by atoms with Crippen LogP contribution in [0.2, 0.25) is 0 Å². The number of aryl methyl sites for hydroxylation is 1. The zero-order valence-electron chi connectivity index (χ0n) is 13.8. The average molecular weight is 348 g/mol. The summed E-state index contributed by atoms with van der Waals surface area (Å²) in [4.78, 5) is 23.6. The molecule has 2 amide bonds. The molecule has 0 heterocycles. The highest BCUT2D eigenvalue weighted by molar-refractivity contribution is 5.93. The predicted molar refractivity (Wildman–Crippen MR) is 89.0 cm³/mol. The lowest BCUT2D eigenvalue weighted by Crippen LogP contribution is -2.30. The average Bonchev–Trinajstić information content (AvgIpc) is 2.50. The first-order valence-corrected chi connectivity index (χ1v) is 7.58. The van der Waals surface area contributed by atoms with E-state index in [-0.39, 0.29) is 23.4 Å². The number of nitrogens with one attached hydrogen (secondary N) is 2. The highest BCUT2D eigenvalue weighted by Crippen LogP contribution is 2.26. The Bertz CT molecular complexity index is 809. The molecule has 0 saturated carbocycles. The molecule has 0 aromatic heterocycles. The fraction of sp³-hybridized carbons (Fsp3) is 0.222. The molecule has 1 atom stereocenters. The number of rotatable bonds is 5. The third kappa shape index (κ3) is 5.00. The first-order valence-electron chi connectivity index (χ1n) is 7.58. The third-order valence-corrected chi connectivity index (χ3v) is 3.53. The van der Waals surface area contributed by atoms with Crippen LogP contribution in [0.15, 0.2) is 36.4 Å². The molecule has 0 spiro atoms. The van der Waals surface area contributed by atoms with Crippen molar-refractivity contribution in [2.75, 3.05) is 5.32 Å². The van der Waals surface area contributed by atoms with Gasteiger partial charge in [0.05, 0.1) is 18.2 Å². The molecule has 25 heavy (non-hydrogen) atoms. The standard InChI is InChI=1S/C18H18F2N2O3/c1-10-3-6-17(24)16(7-10)22-18(25)9-15(21-11(2)23)13-5-4-12(19)8-14(13)20/h3-8,15,24H,9H2,1-2H3,(H,21,23)(H,22,25)/t15-/m1/s1. The molecular formula is C18H18F2N2O3. The Hall–Kier alpha value is -2.96. The summed E-state index contributed by atoms with van der Waals surface area (Å²) >= 11 is 0. The van der Waals surface area contributed by atoms with Crippen molar-refractivity contribution in [3.8, 4) is 5.75 Å². The van der Waals surface area contributed by atoms with E-state index in [4.69, 9.17) is 0 Å².